The average molecular weight is 283 g/mol. The first kappa shape index (κ1) is 13.2. The van der Waals surface area contributed by atoms with E-state index in [-0.39, 0.29) is 5.82 Å². The minimum absolute atomic E-state index is 0.201. The Kier molecular flexibility index (Phi) is 3.68. The summed E-state index contributed by atoms with van der Waals surface area (Å²) in [5.74, 6) is -0.201. The largest absolute Gasteiger partial charge is 0.364 e. The van der Waals surface area contributed by atoms with Crippen molar-refractivity contribution in [3.8, 4) is 0 Å². The molecule has 3 rings (SSSR count). The summed E-state index contributed by atoms with van der Waals surface area (Å²) in [4.78, 5) is 2.36. The Bertz CT molecular complexity index is 451. The van der Waals surface area contributed by atoms with Gasteiger partial charge in [0.25, 0.3) is 0 Å². The maximum atomic E-state index is 13.5. The summed E-state index contributed by atoms with van der Waals surface area (Å²) in [5, 5.41) is 4.22. The van der Waals surface area contributed by atoms with Crippen LogP contribution in [0.2, 0.25) is 5.02 Å². The Balaban J connectivity index is 1.85. The fourth-order valence-corrected chi connectivity index (χ4v) is 3.92. The van der Waals surface area contributed by atoms with E-state index in [0.717, 1.165) is 25.1 Å². The molecule has 2 bridgehead atoms. The minimum Gasteiger partial charge on any atom is -0.364 e. The molecule has 104 valence electrons. The number of halogens is 2. The second-order valence-corrected chi connectivity index (χ2v) is 6.02. The number of hydrogen-bond donors (Lipinski definition) is 1. The number of fused-ring (bicyclic) bond motifs is 2. The van der Waals surface area contributed by atoms with E-state index in [1.807, 2.05) is 0 Å². The van der Waals surface area contributed by atoms with E-state index in [2.05, 4.69) is 17.1 Å². The summed E-state index contributed by atoms with van der Waals surface area (Å²) in [5.41, 5.74) is 0.879. The maximum absolute atomic E-state index is 13.5. The molecule has 2 unspecified atom stereocenters. The molecule has 0 amide bonds. The number of nitrogens with one attached hydrogen (secondary N) is 1. The zero-order valence-electron chi connectivity index (χ0n) is 11.2. The second-order valence-electron chi connectivity index (χ2n) is 5.61. The van der Waals surface area contributed by atoms with Gasteiger partial charge >= 0.3 is 0 Å². The van der Waals surface area contributed by atoms with Gasteiger partial charge in [0.2, 0.25) is 0 Å². The van der Waals surface area contributed by atoms with Crippen LogP contribution in [0.25, 0.3) is 0 Å². The van der Waals surface area contributed by atoms with Crippen LogP contribution < -0.4 is 10.2 Å². The van der Waals surface area contributed by atoms with Crippen LogP contribution in [0.15, 0.2) is 18.2 Å². The van der Waals surface area contributed by atoms with Gasteiger partial charge in [0.05, 0.1) is 10.7 Å². The number of hydrogen-bond acceptors (Lipinski definition) is 2. The molecule has 2 nitrogen and oxygen atoms in total. The summed E-state index contributed by atoms with van der Waals surface area (Å²) in [6.45, 7) is 3.17. The lowest BCUT2D eigenvalue weighted by molar-refractivity contribution is 0.361. The number of benzene rings is 1. The molecule has 2 saturated heterocycles. The Morgan fingerprint density at radius 2 is 2.00 bits per heavy atom. The van der Waals surface area contributed by atoms with Gasteiger partial charge in [-0.05, 0) is 50.4 Å². The molecule has 0 radical (unpaired) electrons. The molecular weight excluding hydrogens is 263 g/mol. The summed E-state index contributed by atoms with van der Waals surface area (Å²) in [6, 6.07) is 6.29. The Morgan fingerprint density at radius 1 is 1.32 bits per heavy atom. The van der Waals surface area contributed by atoms with Crippen molar-refractivity contribution < 1.29 is 4.39 Å². The van der Waals surface area contributed by atoms with Crippen LogP contribution in [0.5, 0.6) is 0 Å². The van der Waals surface area contributed by atoms with Crippen molar-refractivity contribution in [2.75, 3.05) is 11.4 Å². The van der Waals surface area contributed by atoms with Gasteiger partial charge in [0.1, 0.15) is 5.82 Å². The first-order valence-electron chi connectivity index (χ1n) is 7.15. The summed E-state index contributed by atoms with van der Waals surface area (Å²) >= 11 is 6.26. The normalized spacial score (nSPS) is 29.8. The standard InChI is InChI=1S/C15H20ClFN2/c1-2-18-11-8-12-4-5-13(9-11)19(12)15-7-10(17)3-6-14(15)16/h3,6-7,11-13,18H,2,4-5,8-9H2,1H3. The van der Waals surface area contributed by atoms with Crippen LogP contribution in [0, 0.1) is 5.82 Å². The van der Waals surface area contributed by atoms with Crippen LogP contribution in [0.3, 0.4) is 0 Å². The number of rotatable bonds is 3. The zero-order chi connectivity index (χ0) is 13.4. The van der Waals surface area contributed by atoms with Gasteiger partial charge in [-0.15, -0.1) is 0 Å². The summed E-state index contributed by atoms with van der Waals surface area (Å²) in [7, 11) is 0. The Hall–Kier alpha value is -0.800. The van der Waals surface area contributed by atoms with Crippen LogP contribution in [-0.4, -0.2) is 24.7 Å². The molecule has 2 atom stereocenters. The van der Waals surface area contributed by atoms with Crippen molar-refractivity contribution in [3.05, 3.63) is 29.0 Å². The van der Waals surface area contributed by atoms with Gasteiger partial charge < -0.3 is 10.2 Å². The Labute approximate surface area is 118 Å². The second kappa shape index (κ2) is 5.29. The maximum Gasteiger partial charge on any atom is 0.125 e. The van der Waals surface area contributed by atoms with Crippen molar-refractivity contribution in [1.29, 1.82) is 0 Å². The van der Waals surface area contributed by atoms with Gasteiger partial charge in [-0.25, -0.2) is 4.39 Å². The fourth-order valence-electron chi connectivity index (χ4n) is 3.71. The fraction of sp³-hybridized carbons (Fsp3) is 0.600. The van der Waals surface area contributed by atoms with E-state index in [1.54, 1.807) is 12.1 Å². The lowest BCUT2D eigenvalue weighted by Crippen LogP contribution is -2.49. The van der Waals surface area contributed by atoms with Crippen LogP contribution >= 0.6 is 11.6 Å². The first-order valence-corrected chi connectivity index (χ1v) is 7.53. The first-order chi connectivity index (χ1) is 9.19. The van der Waals surface area contributed by atoms with E-state index in [0.29, 0.717) is 23.1 Å². The third kappa shape index (κ3) is 2.46. The highest BCUT2D eigenvalue weighted by Gasteiger charge is 2.41. The Morgan fingerprint density at radius 3 is 2.63 bits per heavy atom. The monoisotopic (exact) mass is 282 g/mol. The van der Waals surface area contributed by atoms with Gasteiger partial charge in [-0.3, -0.25) is 0 Å². The van der Waals surface area contributed by atoms with Crippen molar-refractivity contribution in [2.24, 2.45) is 0 Å². The topological polar surface area (TPSA) is 15.3 Å². The molecule has 2 fully saturated rings. The van der Waals surface area contributed by atoms with Gasteiger partial charge in [-0.2, -0.15) is 0 Å². The van der Waals surface area contributed by atoms with E-state index >= 15 is 0 Å². The quantitative estimate of drug-likeness (QED) is 0.911. The van der Waals surface area contributed by atoms with Crippen LogP contribution in [0.1, 0.15) is 32.6 Å². The molecule has 1 aromatic rings. The molecule has 0 spiro atoms. The predicted molar refractivity (Wildman–Crippen MR) is 77.4 cm³/mol. The van der Waals surface area contributed by atoms with Crippen molar-refractivity contribution in [1.82, 2.24) is 5.32 Å². The minimum atomic E-state index is -0.201. The van der Waals surface area contributed by atoms with Crippen molar-refractivity contribution in [2.45, 2.75) is 50.7 Å². The van der Waals surface area contributed by atoms with Crippen LogP contribution in [-0.2, 0) is 0 Å². The molecule has 2 heterocycles. The summed E-state index contributed by atoms with van der Waals surface area (Å²) < 4.78 is 13.5. The molecule has 0 saturated carbocycles. The van der Waals surface area contributed by atoms with Gasteiger partial charge in [0.15, 0.2) is 0 Å². The van der Waals surface area contributed by atoms with Crippen molar-refractivity contribution >= 4 is 17.3 Å². The molecule has 0 aromatic heterocycles. The molecule has 2 aliphatic heterocycles. The molecule has 4 heteroatoms. The molecule has 0 aliphatic carbocycles. The smallest absolute Gasteiger partial charge is 0.125 e. The highest BCUT2D eigenvalue weighted by Crippen LogP contribution is 2.42. The molecular formula is C15H20ClFN2. The van der Waals surface area contributed by atoms with E-state index in [9.17, 15) is 4.39 Å². The molecule has 19 heavy (non-hydrogen) atoms. The number of nitrogens with zero attached hydrogens (tertiary/aromatic N) is 1. The van der Waals surface area contributed by atoms with Crippen LogP contribution in [0.4, 0.5) is 10.1 Å². The van der Waals surface area contributed by atoms with Gasteiger partial charge in [-0.1, -0.05) is 18.5 Å². The SMILES string of the molecule is CCNC1CC2CCC(C1)N2c1cc(F)ccc1Cl. The lowest BCUT2D eigenvalue weighted by Gasteiger charge is -2.41. The zero-order valence-corrected chi connectivity index (χ0v) is 12.0. The average Bonchev–Trinajstić information content (AvgIpc) is 2.64. The highest BCUT2D eigenvalue weighted by atomic mass is 35.5. The van der Waals surface area contributed by atoms with E-state index in [1.165, 1.54) is 18.9 Å². The molecule has 1 aromatic carbocycles. The van der Waals surface area contributed by atoms with Gasteiger partial charge in [0, 0.05) is 18.1 Å². The third-order valence-corrected chi connectivity index (χ3v) is 4.73. The van der Waals surface area contributed by atoms with E-state index in [4.69, 9.17) is 11.6 Å². The summed E-state index contributed by atoms with van der Waals surface area (Å²) in [6.07, 6.45) is 4.66. The van der Waals surface area contributed by atoms with E-state index < -0.39 is 0 Å². The van der Waals surface area contributed by atoms with Crippen molar-refractivity contribution in [3.63, 3.8) is 0 Å². The highest BCUT2D eigenvalue weighted by molar-refractivity contribution is 6.33. The third-order valence-electron chi connectivity index (χ3n) is 4.41. The lowest BCUT2D eigenvalue weighted by atomic mass is 9.96. The molecule has 1 N–H and O–H groups in total. The predicted octanol–water partition coefficient (Wildman–Crippen LogP) is 3.59. The number of piperidine rings is 1. The molecule has 2 aliphatic rings. The number of anilines is 1.